The van der Waals surface area contributed by atoms with Crippen molar-refractivity contribution in [3.8, 4) is 0 Å². The number of nitrogens with zero attached hydrogens (tertiary/aromatic N) is 1. The normalized spacial score (nSPS) is 19.5. The number of carbonyl (C=O) groups excluding carboxylic acids is 1. The summed E-state index contributed by atoms with van der Waals surface area (Å²) in [4.78, 5) is 17.2. The Balaban J connectivity index is 2.04. The second-order valence-electron chi connectivity index (χ2n) is 7.64. The number of aliphatic imine (C=N–C) groups is 1. The molecule has 1 fully saturated rings. The molecule has 0 aliphatic heterocycles. The molecule has 130 valence electrons. The minimum absolute atomic E-state index is 0.00647. The van der Waals surface area contributed by atoms with Gasteiger partial charge in [0, 0.05) is 18.6 Å². The number of ketones is 1. The Morgan fingerprint density at radius 3 is 2.56 bits per heavy atom. The summed E-state index contributed by atoms with van der Waals surface area (Å²) in [5, 5.41) is 13.0. The Kier molecular flexibility index (Phi) is 4.76. The second-order valence-corrected chi connectivity index (χ2v) is 7.64. The Bertz CT molecular complexity index is 864. The first-order valence-electron chi connectivity index (χ1n) is 8.86. The highest BCUT2D eigenvalue weighted by Crippen LogP contribution is 2.26. The summed E-state index contributed by atoms with van der Waals surface area (Å²) in [5.74, 6) is 0.149. The number of hydrogen-bond acceptors (Lipinski definition) is 3. The number of rotatable bonds is 2. The van der Waals surface area contributed by atoms with Crippen molar-refractivity contribution >= 4 is 22.3 Å². The number of aliphatic hydroxyl groups excluding tert-OH is 1. The Hall–Kier alpha value is -2.42. The summed E-state index contributed by atoms with van der Waals surface area (Å²) in [6, 6.07) is 14.2. The van der Waals surface area contributed by atoms with Gasteiger partial charge in [0.25, 0.3) is 0 Å². The minimum atomic E-state index is -0.266. The zero-order valence-electron chi connectivity index (χ0n) is 15.2. The van der Waals surface area contributed by atoms with Crippen LogP contribution in [0.15, 0.2) is 58.8 Å². The molecule has 0 unspecified atom stereocenters. The van der Waals surface area contributed by atoms with Crippen LogP contribution in [0.2, 0.25) is 0 Å². The Morgan fingerprint density at radius 1 is 1.08 bits per heavy atom. The summed E-state index contributed by atoms with van der Waals surface area (Å²) >= 11 is 0. The summed E-state index contributed by atoms with van der Waals surface area (Å²) in [5.41, 5.74) is 1.95. The van der Waals surface area contributed by atoms with Crippen LogP contribution in [0.4, 0.5) is 0 Å². The van der Waals surface area contributed by atoms with Crippen LogP contribution < -0.4 is 0 Å². The summed E-state index contributed by atoms with van der Waals surface area (Å²) in [6.45, 7) is 6.04. The van der Waals surface area contributed by atoms with Gasteiger partial charge >= 0.3 is 0 Å². The van der Waals surface area contributed by atoms with Gasteiger partial charge in [0.2, 0.25) is 0 Å². The van der Waals surface area contributed by atoms with Crippen LogP contribution in [0.1, 0.15) is 45.6 Å². The molecule has 1 N–H and O–H groups in total. The lowest BCUT2D eigenvalue weighted by molar-refractivity contribution is -0.115. The average molecular weight is 335 g/mol. The molecule has 0 spiro atoms. The molecular weight excluding hydrogens is 310 g/mol. The lowest BCUT2D eigenvalue weighted by atomic mass is 9.88. The van der Waals surface area contributed by atoms with E-state index in [0.29, 0.717) is 18.4 Å². The highest BCUT2D eigenvalue weighted by molar-refractivity contribution is 6.24. The molecule has 25 heavy (non-hydrogen) atoms. The maximum Gasteiger partial charge on any atom is 0.168 e. The molecule has 0 bridgehead atoms. The topological polar surface area (TPSA) is 49.7 Å². The fraction of sp³-hybridized carbons (Fsp3) is 0.364. The maximum atomic E-state index is 12.5. The van der Waals surface area contributed by atoms with E-state index >= 15 is 0 Å². The minimum Gasteiger partial charge on any atom is -0.511 e. The molecule has 0 heterocycles. The Labute approximate surface area is 149 Å². The van der Waals surface area contributed by atoms with Crippen molar-refractivity contribution in [2.75, 3.05) is 0 Å². The van der Waals surface area contributed by atoms with E-state index in [-0.39, 0.29) is 17.1 Å². The van der Waals surface area contributed by atoms with E-state index in [1.807, 2.05) is 45.0 Å². The highest BCUT2D eigenvalue weighted by atomic mass is 16.3. The molecular formula is C22H25NO2. The van der Waals surface area contributed by atoms with E-state index in [9.17, 15) is 9.90 Å². The predicted molar refractivity (Wildman–Crippen MR) is 103 cm³/mol. The third-order valence-electron chi connectivity index (χ3n) is 4.38. The standard InChI is InChI=1S/C22H25NO2/c1-22(2,3)23-18-12-7-13-19(24)21(18)20(25)14-16-10-6-9-15-8-4-5-11-17(15)16/h4-6,8-11,25H,7,12-14H2,1-3H3/b21-20+,23-18?. The lowest BCUT2D eigenvalue weighted by Crippen LogP contribution is -2.25. The zero-order chi connectivity index (χ0) is 18.0. The summed E-state index contributed by atoms with van der Waals surface area (Å²) in [6.07, 6.45) is 2.39. The number of carbonyl (C=O) groups is 1. The van der Waals surface area contributed by atoms with Gasteiger partial charge in [-0.2, -0.15) is 0 Å². The summed E-state index contributed by atoms with van der Waals surface area (Å²) in [7, 11) is 0. The molecule has 2 aromatic rings. The van der Waals surface area contributed by atoms with E-state index in [1.165, 1.54) is 0 Å². The van der Waals surface area contributed by atoms with Crippen LogP contribution in [0.5, 0.6) is 0 Å². The van der Waals surface area contributed by atoms with Crippen molar-refractivity contribution in [1.29, 1.82) is 0 Å². The van der Waals surface area contributed by atoms with Crippen LogP contribution >= 0.6 is 0 Å². The third kappa shape index (κ3) is 3.98. The first-order chi connectivity index (χ1) is 11.8. The predicted octanol–water partition coefficient (Wildman–Crippen LogP) is 5.19. The van der Waals surface area contributed by atoms with Gasteiger partial charge < -0.3 is 5.11 Å². The molecule has 0 atom stereocenters. The van der Waals surface area contributed by atoms with E-state index in [1.54, 1.807) is 0 Å². The number of fused-ring (bicyclic) bond motifs is 1. The largest absolute Gasteiger partial charge is 0.511 e. The molecule has 1 saturated carbocycles. The van der Waals surface area contributed by atoms with Crippen LogP contribution in [0.3, 0.4) is 0 Å². The van der Waals surface area contributed by atoms with Gasteiger partial charge in [0.1, 0.15) is 5.76 Å². The van der Waals surface area contributed by atoms with E-state index in [4.69, 9.17) is 4.99 Å². The number of Topliss-reactive ketones (excluding diaryl/α,β-unsaturated/α-hetero) is 1. The van der Waals surface area contributed by atoms with Crippen LogP contribution in [0, 0.1) is 0 Å². The van der Waals surface area contributed by atoms with Gasteiger partial charge in [0.05, 0.1) is 11.1 Å². The smallest absolute Gasteiger partial charge is 0.168 e. The van der Waals surface area contributed by atoms with Crippen LogP contribution in [-0.2, 0) is 11.2 Å². The molecule has 2 aromatic carbocycles. The van der Waals surface area contributed by atoms with Crippen molar-refractivity contribution in [2.45, 2.75) is 52.0 Å². The molecule has 0 radical (unpaired) electrons. The molecule has 3 heteroatoms. The number of benzene rings is 2. The van der Waals surface area contributed by atoms with Gasteiger partial charge in [-0.3, -0.25) is 9.79 Å². The zero-order valence-corrected chi connectivity index (χ0v) is 15.2. The molecule has 1 aliphatic rings. The molecule has 0 amide bonds. The summed E-state index contributed by atoms with van der Waals surface area (Å²) < 4.78 is 0. The van der Waals surface area contributed by atoms with Gasteiger partial charge in [-0.25, -0.2) is 0 Å². The maximum absolute atomic E-state index is 12.5. The molecule has 1 aliphatic carbocycles. The lowest BCUT2D eigenvalue weighted by Gasteiger charge is -2.22. The van der Waals surface area contributed by atoms with Gasteiger partial charge in [-0.05, 0) is 49.9 Å². The number of allylic oxidation sites excluding steroid dienone is 2. The third-order valence-corrected chi connectivity index (χ3v) is 4.38. The van der Waals surface area contributed by atoms with Crippen molar-refractivity contribution in [2.24, 2.45) is 4.99 Å². The number of hydrogen-bond donors (Lipinski definition) is 1. The Morgan fingerprint density at radius 2 is 1.80 bits per heavy atom. The van der Waals surface area contributed by atoms with Crippen molar-refractivity contribution < 1.29 is 9.90 Å². The van der Waals surface area contributed by atoms with E-state index in [2.05, 4.69) is 18.2 Å². The molecule has 0 saturated heterocycles. The second kappa shape index (κ2) is 6.83. The quantitative estimate of drug-likeness (QED) is 0.607. The fourth-order valence-electron chi connectivity index (χ4n) is 3.39. The highest BCUT2D eigenvalue weighted by Gasteiger charge is 2.27. The van der Waals surface area contributed by atoms with Crippen molar-refractivity contribution in [1.82, 2.24) is 0 Å². The first kappa shape index (κ1) is 17.4. The monoisotopic (exact) mass is 335 g/mol. The van der Waals surface area contributed by atoms with Crippen molar-refractivity contribution in [3.05, 3.63) is 59.4 Å². The SMILES string of the molecule is CC(C)(C)N=C1CCCC(=O)/C1=C(/O)Cc1cccc2ccccc12. The van der Waals surface area contributed by atoms with Gasteiger partial charge in [-0.1, -0.05) is 42.5 Å². The molecule has 3 nitrogen and oxygen atoms in total. The van der Waals surface area contributed by atoms with Crippen LogP contribution in [-0.4, -0.2) is 22.1 Å². The van der Waals surface area contributed by atoms with E-state index in [0.717, 1.165) is 34.9 Å². The van der Waals surface area contributed by atoms with Gasteiger partial charge in [0.15, 0.2) is 5.78 Å². The van der Waals surface area contributed by atoms with E-state index < -0.39 is 0 Å². The first-order valence-corrected chi connectivity index (χ1v) is 8.86. The van der Waals surface area contributed by atoms with Crippen LogP contribution in [0.25, 0.3) is 10.8 Å². The van der Waals surface area contributed by atoms with Gasteiger partial charge in [-0.15, -0.1) is 0 Å². The molecule has 3 rings (SSSR count). The average Bonchev–Trinajstić information content (AvgIpc) is 2.53. The number of aliphatic hydroxyl groups is 1. The molecule has 0 aromatic heterocycles. The van der Waals surface area contributed by atoms with Crippen molar-refractivity contribution in [3.63, 3.8) is 0 Å². The fourth-order valence-corrected chi connectivity index (χ4v) is 3.39.